The zero-order valence-electron chi connectivity index (χ0n) is 10.8. The van der Waals surface area contributed by atoms with E-state index in [1.807, 2.05) is 0 Å². The Bertz CT molecular complexity index is 505. The third-order valence-corrected chi connectivity index (χ3v) is 5.33. The Morgan fingerprint density at radius 1 is 1.53 bits per heavy atom. The summed E-state index contributed by atoms with van der Waals surface area (Å²) in [5.41, 5.74) is 6.63. The average Bonchev–Trinajstić information content (AvgIpc) is 2.56. The van der Waals surface area contributed by atoms with Gasteiger partial charge < -0.3 is 10.5 Å². The molecular formula is C10H19N3O3S. The topological polar surface area (TPSA) is 87.2 Å². The van der Waals surface area contributed by atoms with E-state index in [9.17, 15) is 8.42 Å². The van der Waals surface area contributed by atoms with E-state index in [-0.39, 0.29) is 0 Å². The number of ether oxygens (including phenoxy) is 1. The first-order valence-corrected chi connectivity index (χ1v) is 7.03. The lowest BCUT2D eigenvalue weighted by Gasteiger charge is -2.30. The maximum atomic E-state index is 11.8. The molecule has 6 nitrogen and oxygen atoms in total. The molecule has 1 heterocycles. The molecule has 0 spiro atoms. The largest absolute Gasteiger partial charge is 0.493 e. The van der Waals surface area contributed by atoms with Crippen LogP contribution < -0.4 is 10.5 Å². The molecule has 17 heavy (non-hydrogen) atoms. The van der Waals surface area contributed by atoms with E-state index in [1.54, 1.807) is 20.9 Å². The van der Waals surface area contributed by atoms with Gasteiger partial charge in [0.2, 0.25) is 0 Å². The highest BCUT2D eigenvalue weighted by Crippen LogP contribution is 2.34. The van der Waals surface area contributed by atoms with Gasteiger partial charge >= 0.3 is 0 Å². The molecule has 0 saturated carbocycles. The van der Waals surface area contributed by atoms with Gasteiger partial charge in [-0.1, -0.05) is 0 Å². The third-order valence-electron chi connectivity index (χ3n) is 3.17. The van der Waals surface area contributed by atoms with Crippen molar-refractivity contribution in [3.8, 4) is 5.75 Å². The number of sulfone groups is 1. The van der Waals surface area contributed by atoms with Crippen molar-refractivity contribution < 1.29 is 13.2 Å². The van der Waals surface area contributed by atoms with Crippen LogP contribution in [0.2, 0.25) is 0 Å². The lowest BCUT2D eigenvalue weighted by Crippen LogP contribution is -2.43. The molecule has 0 radical (unpaired) electrons. The van der Waals surface area contributed by atoms with Gasteiger partial charge in [0, 0.05) is 13.3 Å². The summed E-state index contributed by atoms with van der Waals surface area (Å²) in [6, 6.07) is -0.708. The van der Waals surface area contributed by atoms with Gasteiger partial charge in [-0.3, -0.25) is 4.68 Å². The van der Waals surface area contributed by atoms with Gasteiger partial charge in [-0.2, -0.15) is 5.10 Å². The van der Waals surface area contributed by atoms with Gasteiger partial charge in [-0.15, -0.1) is 0 Å². The molecule has 1 rings (SSSR count). The number of aromatic nitrogens is 2. The fraction of sp³-hybridized carbons (Fsp3) is 0.700. The molecule has 0 fully saturated rings. The van der Waals surface area contributed by atoms with E-state index in [2.05, 4.69) is 5.10 Å². The molecular weight excluding hydrogens is 242 g/mol. The van der Waals surface area contributed by atoms with Gasteiger partial charge in [0.05, 0.1) is 29.8 Å². The Kier molecular flexibility index (Phi) is 3.54. The van der Waals surface area contributed by atoms with Crippen molar-refractivity contribution in [1.29, 1.82) is 0 Å². The Morgan fingerprint density at radius 2 is 2.06 bits per heavy atom. The first kappa shape index (κ1) is 14.0. The van der Waals surface area contributed by atoms with Crippen LogP contribution in [0.15, 0.2) is 6.20 Å². The predicted octanol–water partition coefficient (Wildman–Crippen LogP) is 0.252. The minimum absolute atomic E-state index is 0.497. The van der Waals surface area contributed by atoms with E-state index in [0.29, 0.717) is 11.4 Å². The number of nitrogens with zero attached hydrogens (tertiary/aromatic N) is 2. The Morgan fingerprint density at radius 3 is 2.47 bits per heavy atom. The van der Waals surface area contributed by atoms with Gasteiger partial charge in [-0.25, -0.2) is 8.42 Å². The fourth-order valence-electron chi connectivity index (χ4n) is 1.50. The van der Waals surface area contributed by atoms with Crippen molar-refractivity contribution in [1.82, 2.24) is 9.78 Å². The Labute approximate surface area is 102 Å². The summed E-state index contributed by atoms with van der Waals surface area (Å²) in [4.78, 5) is 0. The summed E-state index contributed by atoms with van der Waals surface area (Å²) in [6.45, 7) is 3.19. The molecule has 1 aromatic heterocycles. The van der Waals surface area contributed by atoms with Crippen molar-refractivity contribution >= 4 is 9.84 Å². The zero-order chi connectivity index (χ0) is 13.4. The van der Waals surface area contributed by atoms with Crippen LogP contribution in [0.3, 0.4) is 0 Å². The van der Waals surface area contributed by atoms with E-state index in [4.69, 9.17) is 10.5 Å². The molecule has 1 unspecified atom stereocenters. The second-order valence-electron chi connectivity index (χ2n) is 4.58. The summed E-state index contributed by atoms with van der Waals surface area (Å²) < 4.78 is 29.1. The lowest BCUT2D eigenvalue weighted by atomic mass is 10.0. The maximum absolute atomic E-state index is 11.8. The van der Waals surface area contributed by atoms with Crippen LogP contribution in [-0.4, -0.2) is 36.3 Å². The van der Waals surface area contributed by atoms with Crippen molar-refractivity contribution in [2.24, 2.45) is 12.8 Å². The molecule has 0 aromatic carbocycles. The molecule has 0 bridgehead atoms. The predicted molar refractivity (Wildman–Crippen MR) is 65.6 cm³/mol. The quantitative estimate of drug-likeness (QED) is 0.839. The monoisotopic (exact) mass is 261 g/mol. The molecule has 2 N–H and O–H groups in total. The van der Waals surface area contributed by atoms with Crippen molar-refractivity contribution in [3.05, 3.63) is 11.9 Å². The second kappa shape index (κ2) is 4.30. The molecule has 98 valence electrons. The van der Waals surface area contributed by atoms with E-state index >= 15 is 0 Å². The SMILES string of the molecule is COc1cnn(C)c1C(N)C(C)(C)S(C)(=O)=O. The van der Waals surface area contributed by atoms with E-state index in [0.717, 1.165) is 0 Å². The molecule has 0 amide bonds. The van der Waals surface area contributed by atoms with Crippen LogP contribution >= 0.6 is 0 Å². The molecule has 0 aliphatic heterocycles. The smallest absolute Gasteiger partial charge is 0.161 e. The van der Waals surface area contributed by atoms with Crippen molar-refractivity contribution in [2.75, 3.05) is 13.4 Å². The lowest BCUT2D eigenvalue weighted by molar-refractivity contribution is 0.392. The highest BCUT2D eigenvalue weighted by atomic mass is 32.2. The fourth-order valence-corrected chi connectivity index (χ4v) is 2.07. The van der Waals surface area contributed by atoms with E-state index < -0.39 is 20.6 Å². The van der Waals surface area contributed by atoms with Gasteiger partial charge in [0.25, 0.3) is 0 Å². The first-order chi connectivity index (χ1) is 7.63. The van der Waals surface area contributed by atoms with Crippen LogP contribution in [0, 0.1) is 0 Å². The first-order valence-electron chi connectivity index (χ1n) is 5.14. The highest BCUT2D eigenvalue weighted by molar-refractivity contribution is 7.92. The van der Waals surface area contributed by atoms with Crippen molar-refractivity contribution in [3.63, 3.8) is 0 Å². The molecule has 0 aliphatic carbocycles. The van der Waals surface area contributed by atoms with Crippen LogP contribution in [0.1, 0.15) is 25.6 Å². The normalized spacial score (nSPS) is 14.7. The number of hydrogen-bond acceptors (Lipinski definition) is 5. The summed E-state index contributed by atoms with van der Waals surface area (Å²) in [6.07, 6.45) is 2.70. The summed E-state index contributed by atoms with van der Waals surface area (Å²) in [5.74, 6) is 0.497. The van der Waals surface area contributed by atoms with Crippen LogP contribution in [-0.2, 0) is 16.9 Å². The molecule has 1 atom stereocenters. The van der Waals surface area contributed by atoms with Crippen molar-refractivity contribution in [2.45, 2.75) is 24.6 Å². The van der Waals surface area contributed by atoms with Gasteiger partial charge in [0.1, 0.15) is 0 Å². The summed E-state index contributed by atoms with van der Waals surface area (Å²) in [7, 11) is -0.0859. The standard InChI is InChI=1S/C10H19N3O3S/c1-10(2,17(5,14)15)9(11)8-7(16-4)6-12-13(8)3/h6,9H,11H2,1-5H3. The minimum Gasteiger partial charge on any atom is -0.493 e. The van der Waals surface area contributed by atoms with Gasteiger partial charge in [0.15, 0.2) is 15.6 Å². The maximum Gasteiger partial charge on any atom is 0.161 e. The highest BCUT2D eigenvalue weighted by Gasteiger charge is 2.40. The molecule has 7 heteroatoms. The second-order valence-corrected chi connectivity index (χ2v) is 7.17. The van der Waals surface area contributed by atoms with Crippen LogP contribution in [0.25, 0.3) is 0 Å². The number of nitrogens with two attached hydrogens (primary N) is 1. The number of methoxy groups -OCH3 is 1. The Balaban J connectivity index is 3.30. The number of aryl methyl sites for hydroxylation is 1. The Hall–Kier alpha value is -1.08. The number of rotatable bonds is 4. The molecule has 0 aliphatic rings. The minimum atomic E-state index is -3.29. The third kappa shape index (κ3) is 2.30. The zero-order valence-corrected chi connectivity index (χ0v) is 11.6. The summed E-state index contributed by atoms with van der Waals surface area (Å²) in [5, 5.41) is 4.02. The van der Waals surface area contributed by atoms with Gasteiger partial charge in [-0.05, 0) is 13.8 Å². The van der Waals surface area contributed by atoms with Crippen LogP contribution in [0.4, 0.5) is 0 Å². The number of hydrogen-bond donors (Lipinski definition) is 1. The molecule has 1 aromatic rings. The molecule has 0 saturated heterocycles. The van der Waals surface area contributed by atoms with E-state index in [1.165, 1.54) is 24.2 Å². The average molecular weight is 261 g/mol. The van der Waals surface area contributed by atoms with Crippen LogP contribution in [0.5, 0.6) is 5.75 Å². The summed E-state index contributed by atoms with van der Waals surface area (Å²) >= 11 is 0.